The summed E-state index contributed by atoms with van der Waals surface area (Å²) in [5.41, 5.74) is 0. The monoisotopic (exact) mass is 298 g/mol. The zero-order valence-corrected chi connectivity index (χ0v) is 9.30. The Morgan fingerprint density at radius 2 is 1.95 bits per heavy atom. The minimum atomic E-state index is -5.21. The van der Waals surface area contributed by atoms with Crippen LogP contribution in [0.4, 0.5) is 31.1 Å². The normalized spacial score (nSPS) is 35.4. The summed E-state index contributed by atoms with van der Waals surface area (Å²) in [4.78, 5) is 9.70. The number of rotatable bonds is 4. The lowest BCUT2D eigenvalue weighted by molar-refractivity contribution is -0.391. The van der Waals surface area contributed by atoms with E-state index in [4.69, 9.17) is 0 Å². The van der Waals surface area contributed by atoms with Crippen LogP contribution in [0.2, 0.25) is 0 Å². The van der Waals surface area contributed by atoms with Gasteiger partial charge in [-0.25, -0.2) is 9.18 Å². The highest BCUT2D eigenvalue weighted by molar-refractivity contribution is 5.57. The maximum Gasteiger partial charge on any atom is 0.495 e. The molecule has 11 heteroatoms. The largest absolute Gasteiger partial charge is 0.495 e. The van der Waals surface area contributed by atoms with Crippen LogP contribution < -0.4 is 0 Å². The molecule has 1 aliphatic rings. The molecular weight excluding hydrogens is 290 g/mol. The van der Waals surface area contributed by atoms with E-state index in [-0.39, 0.29) is 6.92 Å². The van der Waals surface area contributed by atoms with Crippen molar-refractivity contribution in [2.45, 2.75) is 31.3 Å². The van der Waals surface area contributed by atoms with Crippen LogP contribution in [0.25, 0.3) is 0 Å². The number of carbonyl (C=O) groups excluding carboxylic acids is 1. The van der Waals surface area contributed by atoms with Gasteiger partial charge in [0.15, 0.2) is 0 Å². The topological polar surface area (TPSA) is 54.0 Å². The fourth-order valence-corrected chi connectivity index (χ4v) is 1.13. The fourth-order valence-electron chi connectivity index (χ4n) is 1.13. The van der Waals surface area contributed by atoms with Crippen molar-refractivity contribution in [2.75, 3.05) is 13.2 Å². The van der Waals surface area contributed by atoms with Gasteiger partial charge >= 0.3 is 18.4 Å². The van der Waals surface area contributed by atoms with Crippen LogP contribution in [0.3, 0.4) is 0 Å². The molecule has 1 heterocycles. The Balaban J connectivity index is 2.60. The summed E-state index contributed by atoms with van der Waals surface area (Å²) < 4.78 is 90.6. The van der Waals surface area contributed by atoms with Gasteiger partial charge in [-0.1, -0.05) is 0 Å². The highest BCUT2D eigenvalue weighted by atomic mass is 19.4. The van der Waals surface area contributed by atoms with Gasteiger partial charge in [-0.2, -0.15) is 17.6 Å². The van der Waals surface area contributed by atoms with Crippen molar-refractivity contribution >= 4 is 6.22 Å². The molecule has 3 atom stereocenters. The Morgan fingerprint density at radius 1 is 1.37 bits per heavy atom. The van der Waals surface area contributed by atoms with Gasteiger partial charge in [-0.15, -0.1) is 4.39 Å². The van der Waals surface area contributed by atoms with Crippen molar-refractivity contribution in [1.82, 2.24) is 0 Å². The summed E-state index contributed by atoms with van der Waals surface area (Å²) in [6.45, 7) is -1.53. The molecule has 3 unspecified atom stereocenters. The van der Waals surface area contributed by atoms with Crippen LogP contribution >= 0.6 is 0 Å². The highest BCUT2D eigenvalue weighted by Crippen LogP contribution is 2.47. The lowest BCUT2D eigenvalue weighted by Crippen LogP contribution is -2.45. The predicted molar refractivity (Wildman–Crippen MR) is 43.8 cm³/mol. The minimum absolute atomic E-state index is 0.256. The molecule has 0 aromatic carbocycles. The average Bonchev–Trinajstić information content (AvgIpc) is 2.45. The molecule has 0 amide bonds. The van der Waals surface area contributed by atoms with E-state index in [1.54, 1.807) is 0 Å². The molecule has 1 fully saturated rings. The molecule has 0 aliphatic carbocycles. The second kappa shape index (κ2) is 5.13. The van der Waals surface area contributed by atoms with Crippen molar-refractivity contribution in [3.63, 3.8) is 0 Å². The molecule has 0 spiro atoms. The lowest BCUT2D eigenvalue weighted by atomic mass is 10.3. The molecule has 0 N–H and O–H groups in total. The van der Waals surface area contributed by atoms with Gasteiger partial charge < -0.3 is 14.2 Å². The summed E-state index contributed by atoms with van der Waals surface area (Å²) in [5.74, 6) is -3.53. The maximum atomic E-state index is 13.6. The van der Waals surface area contributed by atoms with Crippen LogP contribution in [-0.2, 0) is 18.9 Å². The zero-order chi connectivity index (χ0) is 14.9. The molecule has 0 aromatic rings. The second-order valence-electron chi connectivity index (χ2n) is 3.50. The van der Waals surface area contributed by atoms with E-state index in [1.165, 1.54) is 0 Å². The van der Waals surface area contributed by atoms with E-state index < -0.39 is 43.8 Å². The van der Waals surface area contributed by atoms with Gasteiger partial charge in [0.25, 0.3) is 12.1 Å². The third kappa shape index (κ3) is 3.48. The van der Waals surface area contributed by atoms with Crippen LogP contribution in [-0.4, -0.2) is 43.8 Å². The molecule has 5 nitrogen and oxygen atoms in total. The van der Waals surface area contributed by atoms with E-state index in [0.717, 1.165) is 0 Å². The number of hydrogen-bond acceptors (Lipinski definition) is 5. The highest BCUT2D eigenvalue weighted by Gasteiger charge is 2.69. The number of alkyl halides is 5. The molecule has 1 aliphatic heterocycles. The molecule has 1 rings (SSSR count). The molecule has 0 aromatic heterocycles. The Morgan fingerprint density at radius 3 is 2.37 bits per heavy atom. The molecule has 112 valence electrons. The van der Waals surface area contributed by atoms with Crippen LogP contribution in [0.1, 0.15) is 6.92 Å². The lowest BCUT2D eigenvalue weighted by Gasteiger charge is -2.26. The number of ether oxygens (including phenoxy) is 4. The molecular formula is C8H8F6O5. The number of hydrogen-bond donors (Lipinski definition) is 0. The van der Waals surface area contributed by atoms with Crippen molar-refractivity contribution in [3.8, 4) is 0 Å². The quantitative estimate of drug-likeness (QED) is 0.453. The Hall–Kier alpha value is -1.07. The Labute approximate surface area is 102 Å². The first-order chi connectivity index (χ1) is 8.50. The van der Waals surface area contributed by atoms with E-state index in [0.29, 0.717) is 0 Å². The smallest absolute Gasteiger partial charge is 0.438 e. The first-order valence-electron chi connectivity index (χ1n) is 4.74. The molecule has 1 saturated heterocycles. The zero-order valence-electron chi connectivity index (χ0n) is 9.30. The van der Waals surface area contributed by atoms with Crippen LogP contribution in [0.15, 0.2) is 0 Å². The van der Waals surface area contributed by atoms with Crippen molar-refractivity contribution in [2.24, 2.45) is 0 Å². The van der Waals surface area contributed by atoms with Gasteiger partial charge in [0.1, 0.15) is 6.61 Å². The Kier molecular flexibility index (Phi) is 4.32. The number of halogens is 6. The third-order valence-corrected chi connectivity index (χ3v) is 2.05. The summed E-state index contributed by atoms with van der Waals surface area (Å²) in [6, 6.07) is -3.84. The average molecular weight is 298 g/mol. The minimum Gasteiger partial charge on any atom is -0.438 e. The molecule has 0 radical (unpaired) electrons. The van der Waals surface area contributed by atoms with Gasteiger partial charge in [0.05, 0.1) is 6.61 Å². The Bertz CT molecular complexity index is 349. The maximum absolute atomic E-state index is 13.6. The first kappa shape index (κ1) is 16.0. The second-order valence-corrected chi connectivity index (χ2v) is 3.50. The molecule has 0 bridgehead atoms. The van der Waals surface area contributed by atoms with E-state index in [2.05, 4.69) is 18.9 Å². The summed E-state index contributed by atoms with van der Waals surface area (Å²) in [6.07, 6.45) is -10.6. The number of carbonyl (C=O) groups is 1. The van der Waals surface area contributed by atoms with Gasteiger partial charge in [-0.05, 0) is 6.92 Å². The SMILES string of the molecule is CC1(C(F)(F)F)OC(F)C(F)(OCCOC(=O)F)O1. The summed E-state index contributed by atoms with van der Waals surface area (Å²) >= 11 is 0. The molecule has 0 saturated carbocycles. The first-order valence-corrected chi connectivity index (χ1v) is 4.74. The summed E-state index contributed by atoms with van der Waals surface area (Å²) in [5, 5.41) is 0. The van der Waals surface area contributed by atoms with Crippen LogP contribution in [0.5, 0.6) is 0 Å². The van der Waals surface area contributed by atoms with Crippen molar-refractivity contribution < 1.29 is 50.1 Å². The third-order valence-electron chi connectivity index (χ3n) is 2.05. The van der Waals surface area contributed by atoms with Gasteiger partial charge in [0.2, 0.25) is 0 Å². The van der Waals surface area contributed by atoms with E-state index in [9.17, 15) is 31.1 Å². The van der Waals surface area contributed by atoms with E-state index in [1.807, 2.05) is 0 Å². The predicted octanol–water partition coefficient (Wildman–Crippen LogP) is 2.35. The van der Waals surface area contributed by atoms with Crippen LogP contribution in [0, 0.1) is 0 Å². The van der Waals surface area contributed by atoms with E-state index >= 15 is 0 Å². The standard InChI is InChI=1S/C8H8F6O5/c1-6(8(12,13)14)18-4(9)7(11,19-6)17-3-2-16-5(10)15/h4H,2-3H2,1H3. The van der Waals surface area contributed by atoms with Crippen molar-refractivity contribution in [1.29, 1.82) is 0 Å². The molecule has 19 heavy (non-hydrogen) atoms. The van der Waals surface area contributed by atoms with Gasteiger partial charge in [-0.3, -0.25) is 4.74 Å². The van der Waals surface area contributed by atoms with Crippen molar-refractivity contribution in [3.05, 3.63) is 0 Å². The fraction of sp³-hybridized carbons (Fsp3) is 0.875. The van der Waals surface area contributed by atoms with Gasteiger partial charge in [0, 0.05) is 0 Å². The summed E-state index contributed by atoms with van der Waals surface area (Å²) in [7, 11) is 0.